The molecule has 2 aromatic heterocycles. The van der Waals surface area contributed by atoms with E-state index >= 15 is 0 Å². The lowest BCUT2D eigenvalue weighted by molar-refractivity contribution is 0.0713. The second-order valence-electron chi connectivity index (χ2n) is 12.2. The van der Waals surface area contributed by atoms with Crippen LogP contribution >= 0.6 is 0 Å². The van der Waals surface area contributed by atoms with Crippen molar-refractivity contribution >= 4 is 22.9 Å². The van der Waals surface area contributed by atoms with Gasteiger partial charge < -0.3 is 19.9 Å². The molecule has 2 aliphatic rings. The highest BCUT2D eigenvalue weighted by atomic mass is 19.1. The second kappa shape index (κ2) is 11.8. The first-order valence-corrected chi connectivity index (χ1v) is 15.2. The number of fused-ring (bicyclic) bond motifs is 1. The molecule has 1 aliphatic heterocycles. The number of piperidine rings is 1. The van der Waals surface area contributed by atoms with Gasteiger partial charge in [0.1, 0.15) is 11.5 Å². The Morgan fingerprint density at radius 2 is 1.67 bits per heavy atom. The molecule has 0 bridgehead atoms. The summed E-state index contributed by atoms with van der Waals surface area (Å²) in [6, 6.07) is 12.7. The Morgan fingerprint density at radius 3 is 2.33 bits per heavy atom. The zero-order valence-corrected chi connectivity index (χ0v) is 24.7. The zero-order valence-electron chi connectivity index (χ0n) is 24.7. The van der Waals surface area contributed by atoms with Crippen molar-refractivity contribution in [1.29, 1.82) is 0 Å². The Balaban J connectivity index is 1.25. The summed E-state index contributed by atoms with van der Waals surface area (Å²) in [5.74, 6) is 0.700. The van der Waals surface area contributed by atoms with Gasteiger partial charge in [-0.1, -0.05) is 29.3 Å². The van der Waals surface area contributed by atoms with E-state index in [1.807, 2.05) is 44.0 Å². The number of nitrogens with zero attached hydrogens (tertiary/aromatic N) is 4. The number of likely N-dealkylation sites (tertiary alicyclic amines) is 1. The molecule has 1 atom stereocenters. The maximum Gasteiger partial charge on any atom is 0.253 e. The van der Waals surface area contributed by atoms with E-state index in [4.69, 9.17) is 9.97 Å². The number of hydrogen-bond acceptors (Lipinski definition) is 5. The summed E-state index contributed by atoms with van der Waals surface area (Å²) in [6.45, 7) is 7.51. The van der Waals surface area contributed by atoms with Gasteiger partial charge in [-0.3, -0.25) is 4.79 Å². The van der Waals surface area contributed by atoms with Crippen LogP contribution in [0, 0.1) is 19.7 Å². The Morgan fingerprint density at radius 1 is 1.00 bits per heavy atom. The Bertz CT molecular complexity index is 1550. The number of halogens is 1. The number of nitrogens with one attached hydrogen (secondary N) is 1. The minimum absolute atomic E-state index is 0.0881. The lowest BCUT2D eigenvalue weighted by Crippen LogP contribution is -2.38. The number of anilines is 1. The van der Waals surface area contributed by atoms with Crippen LogP contribution < -0.4 is 5.32 Å². The molecule has 1 amide bonds. The van der Waals surface area contributed by atoms with Gasteiger partial charge in [0.05, 0.1) is 12.1 Å². The van der Waals surface area contributed by atoms with Crippen LogP contribution in [0.15, 0.2) is 54.9 Å². The van der Waals surface area contributed by atoms with Crippen molar-refractivity contribution in [2.24, 2.45) is 0 Å². The molecule has 1 aliphatic carbocycles. The molecule has 4 aromatic rings. The van der Waals surface area contributed by atoms with Gasteiger partial charge >= 0.3 is 0 Å². The number of aliphatic hydroxyl groups excluding tert-OH is 1. The summed E-state index contributed by atoms with van der Waals surface area (Å²) in [6.07, 6.45) is 9.14. The van der Waals surface area contributed by atoms with Gasteiger partial charge in [0.15, 0.2) is 0 Å². The number of hydrogen-bond donors (Lipinski definition) is 2. The fraction of sp³-hybridized carbons (Fsp3) is 0.441. The molecule has 3 heterocycles. The minimum atomic E-state index is -0.257. The SMILES string of the molecule is Cc1cc(C)cc(C(=O)N2CCC(c3cn(C4CCC(O)CC4)c4nc(N[C@@H](C)c5ccc(F)cc5)ncc34)CC2)c1. The average Bonchev–Trinajstić information content (AvgIpc) is 3.36. The van der Waals surface area contributed by atoms with Crippen molar-refractivity contribution in [3.05, 3.63) is 88.5 Å². The fourth-order valence-electron chi connectivity index (χ4n) is 6.77. The molecule has 7 nitrogen and oxygen atoms in total. The number of carbonyl (C=O) groups excluding carboxylic acids is 1. The molecule has 0 spiro atoms. The smallest absolute Gasteiger partial charge is 0.253 e. The van der Waals surface area contributed by atoms with Crippen LogP contribution in [0.3, 0.4) is 0 Å². The third-order valence-corrected chi connectivity index (χ3v) is 9.07. The number of aryl methyl sites for hydroxylation is 2. The summed E-state index contributed by atoms with van der Waals surface area (Å²) in [5, 5.41) is 14.6. The largest absolute Gasteiger partial charge is 0.393 e. The molecule has 1 saturated heterocycles. The van der Waals surface area contributed by atoms with Gasteiger partial charge in [-0.25, -0.2) is 9.37 Å². The third-order valence-electron chi connectivity index (χ3n) is 9.07. The predicted octanol–water partition coefficient (Wildman–Crippen LogP) is 6.86. The summed E-state index contributed by atoms with van der Waals surface area (Å²) < 4.78 is 15.7. The number of rotatable bonds is 6. The van der Waals surface area contributed by atoms with Crippen LogP contribution in [0.2, 0.25) is 0 Å². The van der Waals surface area contributed by atoms with Gasteiger partial charge in [0.2, 0.25) is 5.95 Å². The maximum atomic E-state index is 13.4. The Labute approximate surface area is 246 Å². The number of amides is 1. The number of aromatic nitrogens is 3. The predicted molar refractivity (Wildman–Crippen MR) is 163 cm³/mol. The lowest BCUT2D eigenvalue weighted by atomic mass is 9.89. The molecule has 8 heteroatoms. The van der Waals surface area contributed by atoms with E-state index in [9.17, 15) is 14.3 Å². The summed E-state index contributed by atoms with van der Waals surface area (Å²) in [5.41, 5.74) is 6.09. The summed E-state index contributed by atoms with van der Waals surface area (Å²) in [7, 11) is 0. The first-order valence-electron chi connectivity index (χ1n) is 15.2. The van der Waals surface area contributed by atoms with Crippen LogP contribution in [0.4, 0.5) is 10.3 Å². The van der Waals surface area contributed by atoms with E-state index in [1.165, 1.54) is 17.7 Å². The topological polar surface area (TPSA) is 83.3 Å². The number of aliphatic hydroxyl groups is 1. The van der Waals surface area contributed by atoms with Crippen LogP contribution in [-0.2, 0) is 0 Å². The summed E-state index contributed by atoms with van der Waals surface area (Å²) in [4.78, 5) is 25.0. The molecule has 0 radical (unpaired) electrons. The number of carbonyl (C=O) groups is 1. The Kier molecular flexibility index (Phi) is 7.99. The molecule has 6 rings (SSSR count). The van der Waals surface area contributed by atoms with Crippen molar-refractivity contribution in [3.8, 4) is 0 Å². The maximum absolute atomic E-state index is 13.4. The molecule has 2 N–H and O–H groups in total. The first-order chi connectivity index (χ1) is 20.2. The standard InChI is InChI=1S/C34H40FN5O2/c1-21-16-22(2)18-26(17-21)33(42)39-14-12-25(13-15-39)31-20-40(28-8-10-29(41)11-9-28)32-30(31)19-36-34(38-32)37-23(3)24-4-6-27(35)7-5-24/h4-7,16-20,23,25,28-29,41H,8-15H2,1-3H3,(H,36,37,38)/t23-,28?,29?/m0/s1. The van der Waals surface area contributed by atoms with Crippen LogP contribution in [-0.4, -0.2) is 49.6 Å². The first kappa shape index (κ1) is 28.3. The molecular weight excluding hydrogens is 529 g/mol. The second-order valence-corrected chi connectivity index (χ2v) is 12.2. The average molecular weight is 570 g/mol. The summed E-state index contributed by atoms with van der Waals surface area (Å²) >= 11 is 0. The van der Waals surface area contributed by atoms with Crippen molar-refractivity contribution in [1.82, 2.24) is 19.4 Å². The van der Waals surface area contributed by atoms with Gasteiger partial charge in [0.25, 0.3) is 5.91 Å². The van der Waals surface area contributed by atoms with E-state index < -0.39 is 0 Å². The van der Waals surface area contributed by atoms with Crippen molar-refractivity contribution < 1.29 is 14.3 Å². The van der Waals surface area contributed by atoms with Crippen LogP contribution in [0.25, 0.3) is 11.0 Å². The van der Waals surface area contributed by atoms with E-state index in [2.05, 4.69) is 22.1 Å². The molecule has 2 fully saturated rings. The molecule has 1 saturated carbocycles. The van der Waals surface area contributed by atoms with Gasteiger partial charge in [-0.15, -0.1) is 0 Å². The normalized spacial score (nSPS) is 20.5. The fourth-order valence-corrected chi connectivity index (χ4v) is 6.77. The van der Waals surface area contributed by atoms with E-state index in [0.717, 1.165) is 71.8 Å². The quantitative estimate of drug-likeness (QED) is 0.265. The van der Waals surface area contributed by atoms with E-state index in [1.54, 1.807) is 12.1 Å². The lowest BCUT2D eigenvalue weighted by Gasteiger charge is -2.32. The van der Waals surface area contributed by atoms with Crippen LogP contribution in [0.1, 0.15) is 96.1 Å². The molecule has 0 unspecified atom stereocenters. The van der Waals surface area contributed by atoms with Crippen molar-refractivity contribution in [2.45, 2.75) is 83.4 Å². The van der Waals surface area contributed by atoms with Gasteiger partial charge in [-0.05, 0) is 101 Å². The molecular formula is C34H40FN5O2. The van der Waals surface area contributed by atoms with Crippen molar-refractivity contribution in [2.75, 3.05) is 18.4 Å². The highest BCUT2D eigenvalue weighted by molar-refractivity contribution is 5.94. The highest BCUT2D eigenvalue weighted by Crippen LogP contribution is 2.38. The van der Waals surface area contributed by atoms with E-state index in [0.29, 0.717) is 25.0 Å². The molecule has 42 heavy (non-hydrogen) atoms. The minimum Gasteiger partial charge on any atom is -0.393 e. The van der Waals surface area contributed by atoms with E-state index in [-0.39, 0.29) is 29.9 Å². The number of benzene rings is 2. The van der Waals surface area contributed by atoms with Gasteiger partial charge in [-0.2, -0.15) is 4.98 Å². The zero-order chi connectivity index (χ0) is 29.4. The van der Waals surface area contributed by atoms with Crippen LogP contribution in [0.5, 0.6) is 0 Å². The molecule has 220 valence electrons. The van der Waals surface area contributed by atoms with Gasteiger partial charge in [0, 0.05) is 42.5 Å². The molecule has 2 aromatic carbocycles. The van der Waals surface area contributed by atoms with Crippen molar-refractivity contribution in [3.63, 3.8) is 0 Å². The highest BCUT2D eigenvalue weighted by Gasteiger charge is 2.30. The Hall–Kier alpha value is -3.78. The third kappa shape index (κ3) is 5.91. The monoisotopic (exact) mass is 569 g/mol.